The zero-order chi connectivity index (χ0) is 52.6. The highest BCUT2D eigenvalue weighted by Crippen LogP contribution is 2.43. The quantitative estimate of drug-likeness (QED) is 0.0437. The van der Waals surface area contributed by atoms with Crippen LogP contribution in [0.4, 0.5) is 26.3 Å². The van der Waals surface area contributed by atoms with E-state index in [9.17, 15) is 35.9 Å². The fourth-order valence-electron chi connectivity index (χ4n) is 8.40. The van der Waals surface area contributed by atoms with Gasteiger partial charge in [0.15, 0.2) is 13.2 Å². The molecule has 0 N–H and O–H groups in total. The summed E-state index contributed by atoms with van der Waals surface area (Å²) in [7, 11) is 0. The van der Waals surface area contributed by atoms with Gasteiger partial charge in [0.1, 0.15) is 23.0 Å². The van der Waals surface area contributed by atoms with E-state index in [2.05, 4.69) is 13.8 Å². The summed E-state index contributed by atoms with van der Waals surface area (Å²) in [5.74, 6) is 2.19. The van der Waals surface area contributed by atoms with E-state index in [0.717, 1.165) is 94.1 Å². The van der Waals surface area contributed by atoms with E-state index in [4.69, 9.17) is 28.4 Å². The van der Waals surface area contributed by atoms with Gasteiger partial charge >= 0.3 is 24.3 Å². The third kappa shape index (κ3) is 16.3. The standard InChI is InChI=1S/2C28H33F3O4S/c2*1-5-7-8-20(27-19(4)23-11-9-21(28(29,30)31)16-25(23)36-27)13-14-34-22-10-12-24(18(3)15-22)35-17-26(32)33-6-2/h2*9-12,15-16,20H,5-8,13-14,17H2,1-4H3. The number of thiophene rings is 2. The molecule has 16 heteroatoms. The highest BCUT2D eigenvalue weighted by molar-refractivity contribution is 7.19. The molecular formula is C56H66F6O8S2. The molecule has 0 aliphatic rings. The summed E-state index contributed by atoms with van der Waals surface area (Å²) < 4.78 is 113. The molecule has 6 aromatic rings. The summed E-state index contributed by atoms with van der Waals surface area (Å²) in [6, 6.07) is 18.9. The molecule has 4 aromatic carbocycles. The van der Waals surface area contributed by atoms with Gasteiger partial charge < -0.3 is 28.4 Å². The minimum Gasteiger partial charge on any atom is -0.494 e. The molecule has 8 nitrogen and oxygen atoms in total. The Morgan fingerprint density at radius 3 is 1.24 bits per heavy atom. The molecule has 0 aliphatic heterocycles. The third-order valence-corrected chi connectivity index (χ3v) is 15.1. The maximum Gasteiger partial charge on any atom is 0.416 e. The summed E-state index contributed by atoms with van der Waals surface area (Å²) in [5.41, 5.74) is 2.59. The maximum atomic E-state index is 13.2. The van der Waals surface area contributed by atoms with E-state index in [1.807, 2.05) is 39.8 Å². The molecule has 0 fully saturated rings. The zero-order valence-corrected chi connectivity index (χ0v) is 44.0. The van der Waals surface area contributed by atoms with Crippen LogP contribution >= 0.6 is 22.7 Å². The summed E-state index contributed by atoms with van der Waals surface area (Å²) in [4.78, 5) is 25.3. The Labute approximate surface area is 426 Å². The molecule has 0 bridgehead atoms. The number of carbonyl (C=O) groups excluding carboxylic acids is 2. The van der Waals surface area contributed by atoms with Crippen LogP contribution in [-0.2, 0) is 31.4 Å². The number of fused-ring (bicyclic) bond motifs is 2. The topological polar surface area (TPSA) is 89.5 Å². The molecule has 0 saturated heterocycles. The lowest BCUT2D eigenvalue weighted by atomic mass is 9.94. The van der Waals surface area contributed by atoms with Crippen LogP contribution in [0.2, 0.25) is 0 Å². The predicted octanol–water partition coefficient (Wildman–Crippen LogP) is 16.4. The number of aryl methyl sites for hydroxylation is 4. The lowest BCUT2D eigenvalue weighted by Crippen LogP contribution is -2.15. The summed E-state index contributed by atoms with van der Waals surface area (Å²) in [5, 5.41) is 1.78. The van der Waals surface area contributed by atoms with Crippen molar-refractivity contribution in [3.8, 4) is 23.0 Å². The van der Waals surface area contributed by atoms with E-state index in [1.54, 1.807) is 50.2 Å². The number of esters is 2. The molecule has 2 heterocycles. The molecule has 0 radical (unpaired) electrons. The van der Waals surface area contributed by atoms with Gasteiger partial charge in [0.05, 0.1) is 37.6 Å². The molecule has 6 rings (SSSR count). The molecule has 2 aromatic heterocycles. The Morgan fingerprint density at radius 2 is 0.903 bits per heavy atom. The zero-order valence-electron chi connectivity index (χ0n) is 42.3. The first-order chi connectivity index (χ1) is 34.3. The number of unbranched alkanes of at least 4 members (excludes halogenated alkanes) is 2. The molecule has 392 valence electrons. The van der Waals surface area contributed by atoms with Crippen molar-refractivity contribution in [2.45, 2.75) is 131 Å². The Kier molecular flexibility index (Phi) is 21.5. The summed E-state index contributed by atoms with van der Waals surface area (Å²) in [6.07, 6.45) is -1.08. The van der Waals surface area contributed by atoms with Crippen molar-refractivity contribution >= 4 is 54.8 Å². The smallest absolute Gasteiger partial charge is 0.416 e. The number of halogens is 6. The van der Waals surface area contributed by atoms with E-state index in [1.165, 1.54) is 46.9 Å². The Bertz CT molecular complexity index is 2520. The monoisotopic (exact) mass is 1040 g/mol. The van der Waals surface area contributed by atoms with Gasteiger partial charge in [-0.2, -0.15) is 26.3 Å². The summed E-state index contributed by atoms with van der Waals surface area (Å²) >= 11 is 2.93. The SMILES string of the molecule is CCCCC(CCOc1ccc(OCC(=O)OCC)c(C)c1)c1sc2cc(C(F)(F)F)ccc2c1C.CCCCC(CCOc1ccc(OCC(=O)OCC)c(C)c1)c1sc2cc(C(F)(F)F)ccc2c1C. The van der Waals surface area contributed by atoms with E-state index < -0.39 is 35.4 Å². The average Bonchev–Trinajstić information content (AvgIpc) is 3.85. The number of ether oxygens (including phenoxy) is 6. The fraction of sp³-hybridized carbons (Fsp3) is 0.464. The first kappa shape index (κ1) is 57.4. The Hall–Kier alpha value is -5.48. The second kappa shape index (κ2) is 27.0. The van der Waals surface area contributed by atoms with E-state index >= 15 is 0 Å². The molecule has 0 aliphatic carbocycles. The van der Waals surface area contributed by atoms with Gasteiger partial charge in [-0.25, -0.2) is 9.59 Å². The minimum absolute atomic E-state index is 0.146. The van der Waals surface area contributed by atoms with Gasteiger partial charge in [-0.15, -0.1) is 22.7 Å². The highest BCUT2D eigenvalue weighted by Gasteiger charge is 2.32. The Balaban J connectivity index is 0.000000267. The molecule has 2 unspecified atom stereocenters. The fourth-order valence-corrected chi connectivity index (χ4v) is 11.2. The van der Waals surface area contributed by atoms with Crippen molar-refractivity contribution in [3.05, 3.63) is 116 Å². The first-order valence-corrected chi connectivity index (χ1v) is 26.1. The first-order valence-electron chi connectivity index (χ1n) is 24.5. The van der Waals surface area contributed by atoms with Crippen LogP contribution in [0.5, 0.6) is 23.0 Å². The van der Waals surface area contributed by atoms with Gasteiger partial charge in [-0.3, -0.25) is 0 Å². The maximum absolute atomic E-state index is 13.2. The average molecular weight is 1050 g/mol. The Morgan fingerprint density at radius 1 is 0.514 bits per heavy atom. The van der Waals surface area contributed by atoms with Gasteiger partial charge in [0, 0.05) is 19.2 Å². The van der Waals surface area contributed by atoms with Crippen LogP contribution < -0.4 is 18.9 Å². The largest absolute Gasteiger partial charge is 0.494 e. The van der Waals surface area contributed by atoms with Crippen molar-refractivity contribution in [1.82, 2.24) is 0 Å². The van der Waals surface area contributed by atoms with Crippen molar-refractivity contribution in [2.75, 3.05) is 39.6 Å². The second-order valence-corrected chi connectivity index (χ2v) is 19.8. The second-order valence-electron chi connectivity index (χ2n) is 17.6. The lowest BCUT2D eigenvalue weighted by Gasteiger charge is -2.17. The van der Waals surface area contributed by atoms with Gasteiger partial charge in [-0.1, -0.05) is 51.7 Å². The number of alkyl halides is 6. The van der Waals surface area contributed by atoms with Crippen LogP contribution in [0.3, 0.4) is 0 Å². The van der Waals surface area contributed by atoms with E-state index in [-0.39, 0.29) is 25.0 Å². The third-order valence-electron chi connectivity index (χ3n) is 12.2. The van der Waals surface area contributed by atoms with Crippen LogP contribution in [0.1, 0.15) is 134 Å². The van der Waals surface area contributed by atoms with Crippen molar-refractivity contribution in [2.24, 2.45) is 0 Å². The highest BCUT2D eigenvalue weighted by atomic mass is 32.1. The molecule has 0 saturated carbocycles. The molecule has 2 atom stereocenters. The number of carbonyl (C=O) groups is 2. The van der Waals surface area contributed by atoms with Gasteiger partial charge in [0.25, 0.3) is 0 Å². The molecular weight excluding hydrogens is 979 g/mol. The van der Waals surface area contributed by atoms with Gasteiger partial charge in [0.2, 0.25) is 0 Å². The van der Waals surface area contributed by atoms with Crippen molar-refractivity contribution < 1.29 is 64.4 Å². The predicted molar refractivity (Wildman–Crippen MR) is 274 cm³/mol. The number of rotatable bonds is 24. The number of benzene rings is 4. The lowest BCUT2D eigenvalue weighted by molar-refractivity contribution is -0.146. The van der Waals surface area contributed by atoms with E-state index in [0.29, 0.717) is 58.8 Å². The van der Waals surface area contributed by atoms with Crippen LogP contribution in [0, 0.1) is 27.7 Å². The minimum atomic E-state index is -4.35. The van der Waals surface area contributed by atoms with Gasteiger partial charge in [-0.05, 0) is 173 Å². The summed E-state index contributed by atoms with van der Waals surface area (Å²) in [6.45, 7) is 16.8. The van der Waals surface area contributed by atoms with Crippen molar-refractivity contribution in [1.29, 1.82) is 0 Å². The molecule has 0 spiro atoms. The number of hydrogen-bond donors (Lipinski definition) is 0. The van der Waals surface area contributed by atoms with Crippen LogP contribution in [0.15, 0.2) is 72.8 Å². The number of hydrogen-bond acceptors (Lipinski definition) is 10. The normalized spacial score (nSPS) is 12.5. The van der Waals surface area contributed by atoms with Crippen molar-refractivity contribution in [3.63, 3.8) is 0 Å². The molecule has 72 heavy (non-hydrogen) atoms. The van der Waals surface area contributed by atoms with Crippen LogP contribution in [0.25, 0.3) is 20.2 Å². The van der Waals surface area contributed by atoms with Crippen LogP contribution in [-0.4, -0.2) is 51.6 Å². The molecule has 0 amide bonds.